The molecule has 1 heterocycles. The Bertz CT molecular complexity index is 638. The van der Waals surface area contributed by atoms with Crippen LogP contribution in [0.15, 0.2) is 40.9 Å². The number of nitrogens with zero attached hydrogens (tertiary/aromatic N) is 1. The van der Waals surface area contributed by atoms with Crippen LogP contribution in [-0.2, 0) is 9.59 Å². The minimum Gasteiger partial charge on any atom is -0.342 e. The van der Waals surface area contributed by atoms with Crippen molar-refractivity contribution < 1.29 is 9.59 Å². The minimum absolute atomic E-state index is 0.0680. The number of benzene rings is 1. The van der Waals surface area contributed by atoms with Gasteiger partial charge in [-0.05, 0) is 60.2 Å². The second-order valence-corrected chi connectivity index (χ2v) is 7.37. The number of anilines is 1. The zero-order chi connectivity index (χ0) is 16.9. The maximum atomic E-state index is 12.9. The lowest BCUT2D eigenvalue weighted by molar-refractivity contribution is -0.141. The Morgan fingerprint density at radius 1 is 1.00 bits per heavy atom. The highest BCUT2D eigenvalue weighted by atomic mass is 79.9. The summed E-state index contributed by atoms with van der Waals surface area (Å²) in [5.74, 6) is -0.458. The minimum atomic E-state index is -0.295. The third-order valence-corrected chi connectivity index (χ3v) is 5.58. The molecule has 1 N–H and O–H groups in total. The molecule has 24 heavy (non-hydrogen) atoms. The highest BCUT2D eigenvalue weighted by Crippen LogP contribution is 2.31. The fourth-order valence-electron chi connectivity index (χ4n) is 3.51. The average molecular weight is 391 g/mol. The molecule has 128 valence electrons. The van der Waals surface area contributed by atoms with Gasteiger partial charge in [0.1, 0.15) is 0 Å². The number of allylic oxidation sites excluding steroid dienone is 2. The van der Waals surface area contributed by atoms with Crippen LogP contribution in [0.2, 0.25) is 0 Å². The first-order valence-electron chi connectivity index (χ1n) is 8.66. The van der Waals surface area contributed by atoms with Gasteiger partial charge in [-0.2, -0.15) is 0 Å². The summed E-state index contributed by atoms with van der Waals surface area (Å²) in [6.45, 7) is 1.66. The molecule has 1 aliphatic heterocycles. The summed E-state index contributed by atoms with van der Waals surface area (Å²) < 4.78 is 0.851. The van der Waals surface area contributed by atoms with E-state index < -0.39 is 0 Å². The van der Waals surface area contributed by atoms with E-state index in [1.807, 2.05) is 41.3 Å². The van der Waals surface area contributed by atoms with Gasteiger partial charge in [0.15, 0.2) is 0 Å². The van der Waals surface area contributed by atoms with E-state index >= 15 is 0 Å². The number of hydrogen-bond donors (Lipinski definition) is 1. The predicted octanol–water partition coefficient (Wildman–Crippen LogP) is 3.98. The number of hydrogen-bond acceptors (Lipinski definition) is 2. The summed E-state index contributed by atoms with van der Waals surface area (Å²) in [4.78, 5) is 27.6. The lowest BCUT2D eigenvalue weighted by atomic mass is 9.81. The third-order valence-electron chi connectivity index (χ3n) is 4.89. The number of piperidine rings is 1. The lowest BCUT2D eigenvalue weighted by Crippen LogP contribution is -2.45. The van der Waals surface area contributed by atoms with E-state index in [1.54, 1.807) is 0 Å². The van der Waals surface area contributed by atoms with Crippen molar-refractivity contribution in [2.45, 2.75) is 32.1 Å². The van der Waals surface area contributed by atoms with Gasteiger partial charge in [0, 0.05) is 17.6 Å². The normalized spacial score (nSPS) is 23.8. The second kappa shape index (κ2) is 7.97. The smallest absolute Gasteiger partial charge is 0.228 e. The molecule has 1 saturated heterocycles. The van der Waals surface area contributed by atoms with E-state index in [1.165, 1.54) is 6.42 Å². The van der Waals surface area contributed by atoms with E-state index in [4.69, 9.17) is 0 Å². The van der Waals surface area contributed by atoms with E-state index in [2.05, 4.69) is 21.2 Å². The van der Waals surface area contributed by atoms with Crippen LogP contribution < -0.4 is 5.32 Å². The number of carbonyl (C=O) groups excluding carboxylic acids is 2. The summed E-state index contributed by atoms with van der Waals surface area (Å²) in [6, 6.07) is 7.55. The number of halogens is 1. The Morgan fingerprint density at radius 3 is 2.38 bits per heavy atom. The highest BCUT2D eigenvalue weighted by Gasteiger charge is 2.36. The average Bonchev–Trinajstić information content (AvgIpc) is 2.63. The Balaban J connectivity index is 1.72. The first kappa shape index (κ1) is 17.2. The van der Waals surface area contributed by atoms with Crippen LogP contribution in [0.4, 0.5) is 5.69 Å². The molecule has 0 spiro atoms. The van der Waals surface area contributed by atoms with Crippen molar-refractivity contribution in [2.24, 2.45) is 11.8 Å². The molecule has 1 aliphatic carbocycles. The maximum Gasteiger partial charge on any atom is 0.228 e. The quantitative estimate of drug-likeness (QED) is 0.793. The van der Waals surface area contributed by atoms with E-state index in [9.17, 15) is 9.59 Å². The first-order valence-corrected chi connectivity index (χ1v) is 9.45. The van der Waals surface area contributed by atoms with Gasteiger partial charge >= 0.3 is 0 Å². The van der Waals surface area contributed by atoms with Crippen molar-refractivity contribution in [1.29, 1.82) is 0 Å². The van der Waals surface area contributed by atoms with E-state index in [-0.39, 0.29) is 23.7 Å². The lowest BCUT2D eigenvalue weighted by Gasteiger charge is -2.34. The van der Waals surface area contributed by atoms with Crippen LogP contribution in [0.3, 0.4) is 0 Å². The van der Waals surface area contributed by atoms with Crippen LogP contribution in [0.1, 0.15) is 32.1 Å². The van der Waals surface area contributed by atoms with Crippen molar-refractivity contribution in [1.82, 2.24) is 4.90 Å². The molecule has 1 fully saturated rings. The van der Waals surface area contributed by atoms with Crippen LogP contribution in [-0.4, -0.2) is 29.8 Å². The maximum absolute atomic E-state index is 12.9. The summed E-state index contributed by atoms with van der Waals surface area (Å²) >= 11 is 3.45. The van der Waals surface area contributed by atoms with Gasteiger partial charge in [-0.1, -0.05) is 24.3 Å². The first-order chi connectivity index (χ1) is 11.7. The van der Waals surface area contributed by atoms with Crippen LogP contribution >= 0.6 is 15.9 Å². The summed E-state index contributed by atoms with van der Waals surface area (Å²) in [5, 5.41) is 2.98. The summed E-state index contributed by atoms with van der Waals surface area (Å²) in [7, 11) is 0. The van der Waals surface area contributed by atoms with Crippen LogP contribution in [0.25, 0.3) is 0 Å². The van der Waals surface area contributed by atoms with Crippen molar-refractivity contribution >= 4 is 33.4 Å². The third kappa shape index (κ3) is 3.89. The Morgan fingerprint density at radius 2 is 1.67 bits per heavy atom. The monoisotopic (exact) mass is 390 g/mol. The van der Waals surface area contributed by atoms with Crippen molar-refractivity contribution in [2.75, 3.05) is 18.4 Å². The second-order valence-electron chi connectivity index (χ2n) is 6.51. The molecular weight excluding hydrogens is 368 g/mol. The summed E-state index contributed by atoms with van der Waals surface area (Å²) in [5.41, 5.74) is 0.751. The molecule has 2 aliphatic rings. The number of rotatable bonds is 3. The fourth-order valence-corrected chi connectivity index (χ4v) is 3.90. The van der Waals surface area contributed by atoms with Gasteiger partial charge in [0.25, 0.3) is 0 Å². The summed E-state index contributed by atoms with van der Waals surface area (Å²) in [6.07, 6.45) is 8.67. The molecule has 0 radical (unpaired) electrons. The van der Waals surface area contributed by atoms with Crippen molar-refractivity contribution in [3.8, 4) is 0 Å². The molecule has 4 nitrogen and oxygen atoms in total. The number of carbonyl (C=O) groups is 2. The van der Waals surface area contributed by atoms with Gasteiger partial charge in [0.2, 0.25) is 11.8 Å². The fraction of sp³-hybridized carbons (Fsp3) is 0.474. The van der Waals surface area contributed by atoms with Crippen LogP contribution in [0.5, 0.6) is 0 Å². The largest absolute Gasteiger partial charge is 0.342 e. The molecule has 0 bridgehead atoms. The molecule has 0 saturated carbocycles. The number of para-hydroxylation sites is 1. The van der Waals surface area contributed by atoms with Gasteiger partial charge < -0.3 is 10.2 Å². The van der Waals surface area contributed by atoms with E-state index in [0.717, 1.165) is 36.1 Å². The predicted molar refractivity (Wildman–Crippen MR) is 98.6 cm³/mol. The Hall–Kier alpha value is -1.62. The Labute approximate surface area is 151 Å². The van der Waals surface area contributed by atoms with E-state index in [0.29, 0.717) is 12.8 Å². The zero-order valence-electron chi connectivity index (χ0n) is 13.7. The highest BCUT2D eigenvalue weighted by molar-refractivity contribution is 9.10. The molecule has 1 aromatic carbocycles. The number of amides is 2. The molecule has 2 unspecified atom stereocenters. The molecule has 5 heteroatoms. The molecule has 1 aromatic rings. The standard InChI is InChI=1S/C19H23BrN2O2/c20-16-10-4-5-11-17(16)21-18(23)14-8-2-3-9-15(14)19(24)22-12-6-1-7-13-22/h2-5,10-11,14-15H,1,6-9,12-13H2,(H,21,23). The Kier molecular flexibility index (Phi) is 5.72. The van der Waals surface area contributed by atoms with Crippen molar-refractivity contribution in [3.05, 3.63) is 40.9 Å². The van der Waals surface area contributed by atoms with Gasteiger partial charge in [0.05, 0.1) is 17.5 Å². The van der Waals surface area contributed by atoms with Gasteiger partial charge in [-0.25, -0.2) is 0 Å². The van der Waals surface area contributed by atoms with Crippen molar-refractivity contribution in [3.63, 3.8) is 0 Å². The molecular formula is C19H23BrN2O2. The molecule has 3 rings (SSSR count). The van der Waals surface area contributed by atoms with Crippen LogP contribution in [0, 0.1) is 11.8 Å². The zero-order valence-corrected chi connectivity index (χ0v) is 15.3. The van der Waals surface area contributed by atoms with Gasteiger partial charge in [-0.3, -0.25) is 9.59 Å². The molecule has 2 atom stereocenters. The number of nitrogens with one attached hydrogen (secondary N) is 1. The topological polar surface area (TPSA) is 49.4 Å². The SMILES string of the molecule is O=C(Nc1ccccc1Br)C1CC=CCC1C(=O)N1CCCCC1. The van der Waals surface area contributed by atoms with Gasteiger partial charge in [-0.15, -0.1) is 0 Å². The number of likely N-dealkylation sites (tertiary alicyclic amines) is 1. The molecule has 2 amide bonds. The molecule has 0 aromatic heterocycles.